The first-order valence-corrected chi connectivity index (χ1v) is 6.45. The van der Waals surface area contributed by atoms with Gasteiger partial charge in [0, 0.05) is 6.54 Å². The van der Waals surface area contributed by atoms with Crippen molar-refractivity contribution in [2.45, 2.75) is 44.7 Å². The van der Waals surface area contributed by atoms with Crippen molar-refractivity contribution in [1.82, 2.24) is 4.90 Å². The van der Waals surface area contributed by atoms with Gasteiger partial charge in [0.05, 0.1) is 19.3 Å². The van der Waals surface area contributed by atoms with Crippen LogP contribution in [-0.4, -0.2) is 53.7 Å². The number of ether oxygens (including phenoxy) is 1. The van der Waals surface area contributed by atoms with Crippen LogP contribution in [0, 0.1) is 0 Å². The molecule has 104 valence electrons. The zero-order valence-electron chi connectivity index (χ0n) is 10.8. The maximum absolute atomic E-state index is 12.1. The number of nitrogens with zero attached hydrogens (tertiary/aromatic N) is 1. The molecule has 0 bridgehead atoms. The Morgan fingerprint density at radius 3 is 2.78 bits per heavy atom. The predicted molar refractivity (Wildman–Crippen MR) is 65.7 cm³/mol. The van der Waals surface area contributed by atoms with Crippen LogP contribution in [0.4, 0.5) is 0 Å². The number of nitrogens with two attached hydrogens (primary N) is 1. The molecule has 1 rings (SSSR count). The predicted octanol–water partition coefficient (Wildman–Crippen LogP) is -0.360. The molecule has 18 heavy (non-hydrogen) atoms. The molecule has 6 heteroatoms. The van der Waals surface area contributed by atoms with E-state index in [0.29, 0.717) is 6.54 Å². The second kappa shape index (κ2) is 7.33. The Morgan fingerprint density at radius 2 is 2.17 bits per heavy atom. The molecule has 2 atom stereocenters. The Kier molecular flexibility index (Phi) is 6.07. The fourth-order valence-electron chi connectivity index (χ4n) is 2.17. The molecule has 1 amide bonds. The lowest BCUT2D eigenvalue weighted by Gasteiger charge is -2.30. The van der Waals surface area contributed by atoms with Gasteiger partial charge in [0.25, 0.3) is 5.91 Å². The Bertz CT molecular complexity index is 296. The van der Waals surface area contributed by atoms with Gasteiger partial charge in [-0.3, -0.25) is 4.79 Å². The summed E-state index contributed by atoms with van der Waals surface area (Å²) >= 11 is 0. The van der Waals surface area contributed by atoms with Crippen molar-refractivity contribution in [2.75, 3.05) is 19.8 Å². The highest BCUT2D eigenvalue weighted by Crippen LogP contribution is 2.17. The highest BCUT2D eigenvalue weighted by Gasteiger charge is 2.32. The van der Waals surface area contributed by atoms with Gasteiger partial charge in [-0.25, -0.2) is 4.79 Å². The smallest absolute Gasteiger partial charge is 0.332 e. The molecule has 1 heterocycles. The molecular weight excluding hydrogens is 236 g/mol. The average Bonchev–Trinajstić information content (AvgIpc) is 2.62. The fourth-order valence-corrected chi connectivity index (χ4v) is 2.17. The Balaban J connectivity index is 2.69. The summed E-state index contributed by atoms with van der Waals surface area (Å²) in [7, 11) is 0. The van der Waals surface area contributed by atoms with Crippen LogP contribution in [0.3, 0.4) is 0 Å². The highest BCUT2D eigenvalue weighted by molar-refractivity contribution is 6.01. The molecule has 0 aromatic heterocycles. The first-order chi connectivity index (χ1) is 8.61. The highest BCUT2D eigenvalue weighted by atomic mass is 16.5. The van der Waals surface area contributed by atoms with Crippen LogP contribution in [0.25, 0.3) is 0 Å². The van der Waals surface area contributed by atoms with E-state index >= 15 is 0 Å². The maximum atomic E-state index is 12.1. The van der Waals surface area contributed by atoms with E-state index in [0.717, 1.165) is 25.7 Å². The topological polar surface area (TPSA) is 92.9 Å². The van der Waals surface area contributed by atoms with E-state index in [4.69, 9.17) is 10.5 Å². The molecule has 0 aromatic carbocycles. The molecule has 0 radical (unpaired) electrons. The zero-order chi connectivity index (χ0) is 13.5. The molecule has 0 aromatic rings. The molecule has 3 N–H and O–H groups in total. The minimum Gasteiger partial charge on any atom is -0.464 e. The third kappa shape index (κ3) is 3.68. The molecule has 2 unspecified atom stereocenters. The molecule has 1 aliphatic heterocycles. The largest absolute Gasteiger partial charge is 0.464 e. The van der Waals surface area contributed by atoms with E-state index in [9.17, 15) is 14.7 Å². The van der Waals surface area contributed by atoms with Crippen LogP contribution in [0.2, 0.25) is 0 Å². The van der Waals surface area contributed by atoms with Crippen molar-refractivity contribution in [1.29, 1.82) is 0 Å². The minimum absolute atomic E-state index is 0.0959. The lowest BCUT2D eigenvalue weighted by atomic mass is 10.1. The van der Waals surface area contributed by atoms with Gasteiger partial charge >= 0.3 is 5.97 Å². The second-order valence-corrected chi connectivity index (χ2v) is 4.45. The van der Waals surface area contributed by atoms with Crippen LogP contribution in [0.5, 0.6) is 0 Å². The number of carbonyl (C=O) groups excluding carboxylic acids is 2. The minimum atomic E-state index is -1.28. The van der Waals surface area contributed by atoms with Gasteiger partial charge in [0.1, 0.15) is 0 Å². The van der Waals surface area contributed by atoms with Crippen molar-refractivity contribution in [3.8, 4) is 0 Å². The summed E-state index contributed by atoms with van der Waals surface area (Å²) in [4.78, 5) is 25.1. The number of aliphatic hydroxyl groups is 1. The summed E-state index contributed by atoms with van der Waals surface area (Å²) in [5.41, 5.74) is 5.60. The molecule has 0 spiro atoms. The maximum Gasteiger partial charge on any atom is 0.332 e. The van der Waals surface area contributed by atoms with E-state index in [2.05, 4.69) is 0 Å². The number of hydrogen-bond donors (Lipinski definition) is 2. The summed E-state index contributed by atoms with van der Waals surface area (Å²) in [5.74, 6) is -1.15. The number of rotatable bonds is 4. The molecular formula is C12H22N2O4. The van der Waals surface area contributed by atoms with E-state index in [1.807, 2.05) is 0 Å². The summed E-state index contributed by atoms with van der Waals surface area (Å²) in [6, 6.07) is -1.52. The third-order valence-corrected chi connectivity index (χ3v) is 3.18. The summed E-state index contributed by atoms with van der Waals surface area (Å²) in [6.07, 6.45) is 3.62. The molecule has 1 aliphatic rings. The molecule has 0 saturated carbocycles. The SMILES string of the molecule is CCOC(=O)C(N)C(=O)N1CCCCCC1CO. The number of likely N-dealkylation sites (tertiary alicyclic amines) is 1. The van der Waals surface area contributed by atoms with E-state index in [-0.39, 0.29) is 19.3 Å². The van der Waals surface area contributed by atoms with Crippen molar-refractivity contribution in [3.05, 3.63) is 0 Å². The number of carbonyl (C=O) groups is 2. The van der Waals surface area contributed by atoms with E-state index in [1.54, 1.807) is 6.92 Å². The lowest BCUT2D eigenvalue weighted by molar-refractivity contribution is -0.152. The van der Waals surface area contributed by atoms with E-state index in [1.165, 1.54) is 4.90 Å². The van der Waals surface area contributed by atoms with Crippen LogP contribution >= 0.6 is 0 Å². The average molecular weight is 258 g/mol. The van der Waals surface area contributed by atoms with Gasteiger partial charge in [-0.05, 0) is 19.8 Å². The summed E-state index contributed by atoms with van der Waals surface area (Å²) in [6.45, 7) is 2.30. The molecule has 6 nitrogen and oxygen atoms in total. The van der Waals surface area contributed by atoms with Crippen molar-refractivity contribution in [3.63, 3.8) is 0 Å². The summed E-state index contributed by atoms with van der Waals surface area (Å²) < 4.78 is 4.74. The van der Waals surface area contributed by atoms with E-state index < -0.39 is 17.9 Å². The van der Waals surface area contributed by atoms with Gasteiger partial charge in [0.15, 0.2) is 6.04 Å². The van der Waals surface area contributed by atoms with Crippen molar-refractivity contribution >= 4 is 11.9 Å². The quantitative estimate of drug-likeness (QED) is 0.530. The normalized spacial score (nSPS) is 22.2. The monoisotopic (exact) mass is 258 g/mol. The van der Waals surface area contributed by atoms with Crippen LogP contribution in [0.15, 0.2) is 0 Å². The second-order valence-electron chi connectivity index (χ2n) is 4.45. The summed E-state index contributed by atoms with van der Waals surface area (Å²) in [5, 5.41) is 9.31. The van der Waals surface area contributed by atoms with Crippen molar-refractivity contribution < 1.29 is 19.4 Å². The number of aliphatic hydroxyl groups excluding tert-OH is 1. The van der Waals surface area contributed by atoms with Gasteiger partial charge in [-0.1, -0.05) is 12.8 Å². The Morgan fingerprint density at radius 1 is 1.44 bits per heavy atom. The Labute approximate surface area is 107 Å². The molecule has 1 saturated heterocycles. The number of hydrogen-bond acceptors (Lipinski definition) is 5. The van der Waals surface area contributed by atoms with Gasteiger partial charge in [-0.15, -0.1) is 0 Å². The number of amides is 1. The lowest BCUT2D eigenvalue weighted by Crippen LogP contribution is -2.53. The number of esters is 1. The van der Waals surface area contributed by atoms with Crippen LogP contribution in [0.1, 0.15) is 32.6 Å². The first-order valence-electron chi connectivity index (χ1n) is 6.45. The fraction of sp³-hybridized carbons (Fsp3) is 0.833. The van der Waals surface area contributed by atoms with Gasteiger partial charge in [0.2, 0.25) is 0 Å². The van der Waals surface area contributed by atoms with Crippen LogP contribution < -0.4 is 5.73 Å². The molecule has 1 fully saturated rings. The van der Waals surface area contributed by atoms with Crippen molar-refractivity contribution in [2.24, 2.45) is 5.73 Å². The van der Waals surface area contributed by atoms with Gasteiger partial charge < -0.3 is 20.5 Å². The Hall–Kier alpha value is -1.14. The van der Waals surface area contributed by atoms with Crippen LogP contribution in [-0.2, 0) is 14.3 Å². The first kappa shape index (κ1) is 14.9. The molecule has 0 aliphatic carbocycles. The zero-order valence-corrected chi connectivity index (χ0v) is 10.8. The van der Waals surface area contributed by atoms with Gasteiger partial charge in [-0.2, -0.15) is 0 Å². The third-order valence-electron chi connectivity index (χ3n) is 3.18. The standard InChI is InChI=1S/C12H22N2O4/c1-2-18-12(17)10(13)11(16)14-7-5-3-4-6-9(14)8-15/h9-10,15H,2-8,13H2,1H3.